The van der Waals surface area contributed by atoms with E-state index in [0.717, 1.165) is 0 Å². The van der Waals surface area contributed by atoms with E-state index in [1.807, 2.05) is 0 Å². The van der Waals surface area contributed by atoms with Crippen LogP contribution in [0.5, 0.6) is 5.75 Å². The number of carbonyl (C=O) groups excluding carboxylic acids is 2. The van der Waals surface area contributed by atoms with Crippen molar-refractivity contribution in [3.63, 3.8) is 0 Å². The van der Waals surface area contributed by atoms with E-state index in [0.29, 0.717) is 11.4 Å². The van der Waals surface area contributed by atoms with Gasteiger partial charge in [0.05, 0.1) is 24.3 Å². The van der Waals surface area contributed by atoms with Crippen molar-refractivity contribution in [2.75, 3.05) is 13.7 Å². The van der Waals surface area contributed by atoms with Crippen LogP contribution < -0.4 is 4.74 Å². The molecule has 1 aromatic rings. The van der Waals surface area contributed by atoms with E-state index in [2.05, 4.69) is 4.99 Å². The first-order valence-corrected chi connectivity index (χ1v) is 6.09. The van der Waals surface area contributed by atoms with Crippen molar-refractivity contribution < 1.29 is 19.1 Å². The molecule has 0 bridgehead atoms. The molecule has 1 unspecified atom stereocenters. The van der Waals surface area contributed by atoms with E-state index >= 15 is 0 Å². The van der Waals surface area contributed by atoms with Crippen LogP contribution >= 0.6 is 11.6 Å². The van der Waals surface area contributed by atoms with Crippen LogP contribution in [0.25, 0.3) is 0 Å². The van der Waals surface area contributed by atoms with Crippen LogP contribution in [0.1, 0.15) is 17.3 Å². The van der Waals surface area contributed by atoms with Gasteiger partial charge in [0.15, 0.2) is 11.7 Å². The number of rotatable bonds is 3. The second-order valence-corrected chi connectivity index (χ2v) is 4.25. The summed E-state index contributed by atoms with van der Waals surface area (Å²) in [6.07, 6.45) is 1.27. The van der Waals surface area contributed by atoms with Crippen molar-refractivity contribution in [3.05, 3.63) is 22.7 Å². The van der Waals surface area contributed by atoms with Crippen LogP contribution in [0.2, 0.25) is 5.02 Å². The van der Waals surface area contributed by atoms with Crippen molar-refractivity contribution in [2.24, 2.45) is 10.9 Å². The first-order chi connectivity index (χ1) is 9.10. The minimum Gasteiger partial charge on any atom is -0.494 e. The van der Waals surface area contributed by atoms with Gasteiger partial charge in [-0.25, -0.2) is 0 Å². The van der Waals surface area contributed by atoms with Gasteiger partial charge in [0.2, 0.25) is 0 Å². The fourth-order valence-corrected chi connectivity index (χ4v) is 2.09. The van der Waals surface area contributed by atoms with Gasteiger partial charge in [-0.05, 0) is 19.1 Å². The summed E-state index contributed by atoms with van der Waals surface area (Å²) in [7, 11) is 1.47. The van der Waals surface area contributed by atoms with Gasteiger partial charge in [-0.1, -0.05) is 11.6 Å². The fraction of sp³-hybridized carbons (Fsp3) is 0.308. The number of methoxy groups -OCH3 is 1. The number of esters is 1. The molecule has 1 heterocycles. The van der Waals surface area contributed by atoms with Crippen molar-refractivity contribution in [1.82, 2.24) is 0 Å². The van der Waals surface area contributed by atoms with Gasteiger partial charge in [-0.3, -0.25) is 14.6 Å². The highest BCUT2D eigenvalue weighted by molar-refractivity contribution is 6.37. The average Bonchev–Trinajstić information content (AvgIpc) is 2.39. The molecule has 0 aromatic heterocycles. The smallest absolute Gasteiger partial charge is 0.322 e. The van der Waals surface area contributed by atoms with Gasteiger partial charge >= 0.3 is 5.97 Å². The molecular formula is C13H12ClNO4. The van der Waals surface area contributed by atoms with E-state index in [1.54, 1.807) is 19.1 Å². The first-order valence-electron chi connectivity index (χ1n) is 5.71. The quantitative estimate of drug-likeness (QED) is 0.630. The summed E-state index contributed by atoms with van der Waals surface area (Å²) in [6.45, 7) is 1.88. The molecule has 5 nitrogen and oxygen atoms in total. The Morgan fingerprint density at radius 2 is 2.21 bits per heavy atom. The molecule has 6 heteroatoms. The van der Waals surface area contributed by atoms with E-state index in [1.165, 1.54) is 13.3 Å². The van der Waals surface area contributed by atoms with Gasteiger partial charge in [-0.2, -0.15) is 0 Å². The summed E-state index contributed by atoms with van der Waals surface area (Å²) in [4.78, 5) is 28.1. The van der Waals surface area contributed by atoms with Gasteiger partial charge in [-0.15, -0.1) is 0 Å². The molecule has 0 saturated heterocycles. The number of hydrogen-bond donors (Lipinski definition) is 0. The number of aliphatic imine (C=N–C) groups is 1. The summed E-state index contributed by atoms with van der Waals surface area (Å²) in [6, 6.07) is 3.16. The summed E-state index contributed by atoms with van der Waals surface area (Å²) in [5, 5.41) is 0.243. The first kappa shape index (κ1) is 13.5. The number of ketones is 1. The Morgan fingerprint density at radius 3 is 2.84 bits per heavy atom. The van der Waals surface area contributed by atoms with Gasteiger partial charge < -0.3 is 9.47 Å². The molecule has 0 amide bonds. The topological polar surface area (TPSA) is 65.0 Å². The minimum atomic E-state index is -1.04. The normalized spacial score (nSPS) is 17.0. The molecule has 1 atom stereocenters. The Hall–Kier alpha value is -1.88. The molecular weight excluding hydrogens is 270 g/mol. The van der Waals surface area contributed by atoms with Gasteiger partial charge in [0.25, 0.3) is 0 Å². The third-order valence-electron chi connectivity index (χ3n) is 2.73. The third-order valence-corrected chi connectivity index (χ3v) is 3.05. The molecule has 1 aliphatic heterocycles. The van der Waals surface area contributed by atoms with E-state index in [-0.39, 0.29) is 17.2 Å². The monoisotopic (exact) mass is 281 g/mol. The minimum absolute atomic E-state index is 0.196. The SMILES string of the molecule is CCOC(=O)C1C=Nc2c(OC)ccc(Cl)c2C1=O. The maximum absolute atomic E-state index is 12.3. The van der Waals surface area contributed by atoms with Crippen molar-refractivity contribution in [1.29, 1.82) is 0 Å². The Bertz CT molecular complexity index is 568. The Morgan fingerprint density at radius 1 is 1.47 bits per heavy atom. The maximum Gasteiger partial charge on any atom is 0.322 e. The molecule has 19 heavy (non-hydrogen) atoms. The molecule has 0 aliphatic carbocycles. The van der Waals surface area contributed by atoms with Crippen LogP contribution in [-0.4, -0.2) is 31.7 Å². The number of Topliss-reactive ketones (excluding diaryl/α,β-unsaturated/α-hetero) is 1. The lowest BCUT2D eigenvalue weighted by atomic mass is 9.94. The third kappa shape index (κ3) is 2.33. The number of nitrogens with zero attached hydrogens (tertiary/aromatic N) is 1. The predicted octanol–water partition coefficient (Wildman–Crippen LogP) is 2.43. The van der Waals surface area contributed by atoms with Crippen LogP contribution in [0.3, 0.4) is 0 Å². The van der Waals surface area contributed by atoms with E-state index in [4.69, 9.17) is 21.1 Å². The second-order valence-electron chi connectivity index (χ2n) is 3.85. The number of hydrogen-bond acceptors (Lipinski definition) is 5. The molecule has 100 valence electrons. The van der Waals surface area contributed by atoms with E-state index < -0.39 is 17.7 Å². The van der Waals surface area contributed by atoms with Crippen molar-refractivity contribution in [3.8, 4) is 5.75 Å². The standard InChI is InChI=1S/C13H12ClNO4/c1-3-19-13(17)7-6-15-11-9(18-2)5-4-8(14)10(11)12(7)16/h4-7H,3H2,1-2H3. The summed E-state index contributed by atoms with van der Waals surface area (Å²) in [5.74, 6) is -1.66. The summed E-state index contributed by atoms with van der Waals surface area (Å²) >= 11 is 6.01. The Balaban J connectivity index is 2.47. The lowest BCUT2D eigenvalue weighted by Crippen LogP contribution is -2.30. The highest BCUT2D eigenvalue weighted by Crippen LogP contribution is 2.39. The van der Waals surface area contributed by atoms with E-state index in [9.17, 15) is 9.59 Å². The molecule has 1 aromatic carbocycles. The van der Waals surface area contributed by atoms with Crippen LogP contribution in [-0.2, 0) is 9.53 Å². The predicted molar refractivity (Wildman–Crippen MR) is 70.6 cm³/mol. The fourth-order valence-electron chi connectivity index (χ4n) is 1.85. The number of ether oxygens (including phenoxy) is 2. The number of carbonyl (C=O) groups is 2. The Labute approximate surface area is 115 Å². The molecule has 2 rings (SSSR count). The van der Waals surface area contributed by atoms with Crippen LogP contribution in [0.15, 0.2) is 17.1 Å². The number of fused-ring (bicyclic) bond motifs is 1. The molecule has 1 aliphatic rings. The molecule has 0 fully saturated rings. The Kier molecular flexibility index (Phi) is 3.85. The summed E-state index contributed by atoms with van der Waals surface area (Å²) < 4.78 is 9.96. The largest absolute Gasteiger partial charge is 0.494 e. The zero-order valence-electron chi connectivity index (χ0n) is 10.5. The van der Waals surface area contributed by atoms with Gasteiger partial charge in [0.1, 0.15) is 11.4 Å². The van der Waals surface area contributed by atoms with Crippen molar-refractivity contribution >= 4 is 35.3 Å². The summed E-state index contributed by atoms with van der Waals surface area (Å²) in [5.41, 5.74) is 0.544. The molecule has 0 saturated carbocycles. The van der Waals surface area contributed by atoms with Crippen LogP contribution in [0, 0.1) is 5.92 Å². The van der Waals surface area contributed by atoms with Crippen molar-refractivity contribution in [2.45, 2.75) is 6.92 Å². The second kappa shape index (κ2) is 5.40. The maximum atomic E-state index is 12.3. The lowest BCUT2D eigenvalue weighted by Gasteiger charge is -2.18. The highest BCUT2D eigenvalue weighted by atomic mass is 35.5. The molecule has 0 N–H and O–H groups in total. The molecule has 0 spiro atoms. The lowest BCUT2D eigenvalue weighted by molar-refractivity contribution is -0.143. The average molecular weight is 282 g/mol. The van der Waals surface area contributed by atoms with Crippen LogP contribution in [0.4, 0.5) is 5.69 Å². The van der Waals surface area contributed by atoms with Gasteiger partial charge in [0, 0.05) is 6.21 Å². The molecule has 0 radical (unpaired) electrons. The highest BCUT2D eigenvalue weighted by Gasteiger charge is 2.34. The number of halogens is 1. The number of benzene rings is 1. The zero-order chi connectivity index (χ0) is 14.0. The zero-order valence-corrected chi connectivity index (χ0v) is 11.2.